The maximum Gasteiger partial charge on any atom is 0.335 e. The molecule has 0 unspecified atom stereocenters. The number of hydrogen-bond acceptors (Lipinski definition) is 5. The lowest BCUT2D eigenvalue weighted by Gasteiger charge is -2.31. The SMILES string of the molecule is CCOP(=O)(Cc1ccc(C(=O)N[C@H](CC#C[Si](C)(C)C(C)(C)C)C(=O)O)cc1)OCC. The van der Waals surface area contributed by atoms with Crippen LogP contribution in [0.5, 0.6) is 0 Å². The molecular formula is C23H36NO6PSi. The summed E-state index contributed by atoms with van der Waals surface area (Å²) in [6.45, 7) is 14.7. The molecule has 0 fully saturated rings. The molecule has 0 bridgehead atoms. The molecule has 7 nitrogen and oxygen atoms in total. The van der Waals surface area contributed by atoms with Crippen molar-refractivity contribution < 1.29 is 28.3 Å². The van der Waals surface area contributed by atoms with Crippen molar-refractivity contribution in [3.63, 3.8) is 0 Å². The van der Waals surface area contributed by atoms with E-state index in [2.05, 4.69) is 50.6 Å². The van der Waals surface area contributed by atoms with Crippen LogP contribution in [0.1, 0.15) is 57.0 Å². The van der Waals surface area contributed by atoms with Crippen LogP contribution in [0.4, 0.5) is 0 Å². The number of carbonyl (C=O) groups is 2. The summed E-state index contributed by atoms with van der Waals surface area (Å²) in [4.78, 5) is 24.2. The fourth-order valence-electron chi connectivity index (χ4n) is 2.51. The van der Waals surface area contributed by atoms with Crippen LogP contribution in [0.3, 0.4) is 0 Å². The number of rotatable bonds is 10. The minimum Gasteiger partial charge on any atom is -0.480 e. The standard InChI is InChI=1S/C23H36NO6PSi/c1-8-29-31(28,30-9-2)17-18-12-14-19(15-13-18)21(25)24-20(22(26)27)11-10-16-32(6,7)23(3,4)5/h12-15,20H,8-9,11,17H2,1-7H3,(H,24,25)(H,26,27)/t20-/m1/s1. The van der Waals surface area contributed by atoms with Gasteiger partial charge in [0.05, 0.1) is 19.4 Å². The molecule has 0 aliphatic carbocycles. The van der Waals surface area contributed by atoms with Crippen molar-refractivity contribution >= 4 is 27.5 Å². The molecule has 0 radical (unpaired) electrons. The minimum absolute atomic E-state index is 0.0392. The molecule has 0 aromatic heterocycles. The Morgan fingerprint density at radius 3 is 2.09 bits per heavy atom. The Labute approximate surface area is 192 Å². The van der Waals surface area contributed by atoms with Crippen LogP contribution in [0.25, 0.3) is 0 Å². The Morgan fingerprint density at radius 2 is 1.66 bits per heavy atom. The lowest BCUT2D eigenvalue weighted by Crippen LogP contribution is -2.41. The van der Waals surface area contributed by atoms with Crippen LogP contribution >= 0.6 is 7.60 Å². The molecule has 178 valence electrons. The molecule has 0 saturated heterocycles. The highest BCUT2D eigenvalue weighted by molar-refractivity contribution is 7.53. The number of nitrogens with one attached hydrogen (secondary N) is 1. The summed E-state index contributed by atoms with van der Waals surface area (Å²) in [5.74, 6) is 1.35. The molecule has 9 heteroatoms. The van der Waals surface area contributed by atoms with Crippen LogP contribution in [-0.2, 0) is 24.6 Å². The smallest absolute Gasteiger partial charge is 0.335 e. The average Bonchev–Trinajstić information content (AvgIpc) is 2.66. The Morgan fingerprint density at radius 1 is 1.12 bits per heavy atom. The first-order valence-corrected chi connectivity index (χ1v) is 15.5. The van der Waals surface area contributed by atoms with Crippen molar-refractivity contribution in [2.24, 2.45) is 0 Å². The van der Waals surface area contributed by atoms with E-state index in [4.69, 9.17) is 9.05 Å². The summed E-state index contributed by atoms with van der Waals surface area (Å²) in [6, 6.07) is 5.34. The molecule has 1 amide bonds. The van der Waals surface area contributed by atoms with E-state index in [-0.39, 0.29) is 30.8 Å². The van der Waals surface area contributed by atoms with Gasteiger partial charge in [0.2, 0.25) is 0 Å². The molecule has 32 heavy (non-hydrogen) atoms. The van der Waals surface area contributed by atoms with Gasteiger partial charge in [-0.25, -0.2) is 4.79 Å². The molecule has 0 spiro atoms. The van der Waals surface area contributed by atoms with Crippen LogP contribution in [-0.4, -0.2) is 44.3 Å². The van der Waals surface area contributed by atoms with Crippen molar-refractivity contribution in [1.82, 2.24) is 5.32 Å². The molecule has 0 aliphatic heterocycles. The van der Waals surface area contributed by atoms with E-state index in [9.17, 15) is 19.3 Å². The number of carboxylic acid groups (broad SMARTS) is 1. The Balaban J connectivity index is 2.87. The minimum atomic E-state index is -3.24. The van der Waals surface area contributed by atoms with Crippen LogP contribution < -0.4 is 5.32 Å². The molecule has 1 aromatic carbocycles. The summed E-state index contributed by atoms with van der Waals surface area (Å²) in [7, 11) is -5.10. The average molecular weight is 482 g/mol. The molecular weight excluding hydrogens is 445 g/mol. The third-order valence-electron chi connectivity index (χ3n) is 5.43. The second-order valence-electron chi connectivity index (χ2n) is 9.05. The summed E-state index contributed by atoms with van der Waals surface area (Å²) < 4.78 is 23.2. The second-order valence-corrected chi connectivity index (χ2v) is 16.1. The molecule has 1 rings (SSSR count). The van der Waals surface area contributed by atoms with Gasteiger partial charge >= 0.3 is 13.6 Å². The first-order valence-electron chi connectivity index (χ1n) is 10.8. The zero-order chi connectivity index (χ0) is 24.6. The van der Waals surface area contributed by atoms with Gasteiger partial charge in [-0.3, -0.25) is 9.36 Å². The van der Waals surface area contributed by atoms with Crippen molar-refractivity contribution in [2.45, 2.75) is 71.4 Å². The predicted octanol–water partition coefficient (Wildman–Crippen LogP) is 5.08. The molecule has 0 saturated carbocycles. The zero-order valence-corrected chi connectivity index (χ0v) is 22.0. The Bertz CT molecular complexity index is 886. The van der Waals surface area contributed by atoms with Crippen molar-refractivity contribution in [3.05, 3.63) is 35.4 Å². The quantitative estimate of drug-likeness (QED) is 0.275. The van der Waals surface area contributed by atoms with Crippen molar-refractivity contribution in [2.75, 3.05) is 13.2 Å². The normalized spacial score (nSPS) is 13.1. The second kappa shape index (κ2) is 11.8. The Kier molecular flexibility index (Phi) is 10.4. The van der Waals surface area contributed by atoms with Crippen molar-refractivity contribution in [1.29, 1.82) is 0 Å². The third kappa shape index (κ3) is 8.55. The lowest BCUT2D eigenvalue weighted by molar-refractivity contribution is -0.139. The molecule has 0 heterocycles. The van der Waals surface area contributed by atoms with Gasteiger partial charge < -0.3 is 19.5 Å². The summed E-state index contributed by atoms with van der Waals surface area (Å²) >= 11 is 0. The number of carboxylic acids is 1. The molecule has 1 atom stereocenters. The van der Waals surface area contributed by atoms with E-state index < -0.39 is 33.6 Å². The predicted molar refractivity (Wildman–Crippen MR) is 129 cm³/mol. The van der Waals surface area contributed by atoms with Crippen LogP contribution in [0.2, 0.25) is 18.1 Å². The number of aliphatic carboxylic acids is 1. The topological polar surface area (TPSA) is 102 Å². The maximum absolute atomic E-state index is 12.7. The monoisotopic (exact) mass is 481 g/mol. The largest absolute Gasteiger partial charge is 0.480 e. The lowest BCUT2D eigenvalue weighted by atomic mass is 10.1. The van der Waals surface area contributed by atoms with E-state index >= 15 is 0 Å². The third-order valence-corrected chi connectivity index (χ3v) is 12.0. The number of hydrogen-bond donors (Lipinski definition) is 2. The van der Waals surface area contributed by atoms with Gasteiger partial charge in [0.1, 0.15) is 14.1 Å². The van der Waals surface area contributed by atoms with Gasteiger partial charge in [-0.05, 0) is 36.6 Å². The molecule has 0 aliphatic rings. The van der Waals surface area contributed by atoms with E-state index in [1.54, 1.807) is 38.1 Å². The van der Waals surface area contributed by atoms with Gasteiger partial charge in [-0.1, -0.05) is 46.0 Å². The highest BCUT2D eigenvalue weighted by Gasteiger charge is 2.33. The van der Waals surface area contributed by atoms with Crippen LogP contribution in [0.15, 0.2) is 24.3 Å². The van der Waals surface area contributed by atoms with Gasteiger partial charge in [0.25, 0.3) is 5.91 Å². The van der Waals surface area contributed by atoms with E-state index in [1.165, 1.54) is 0 Å². The van der Waals surface area contributed by atoms with E-state index in [0.717, 1.165) is 0 Å². The van der Waals surface area contributed by atoms with Gasteiger partial charge in [0, 0.05) is 12.0 Å². The van der Waals surface area contributed by atoms with Crippen LogP contribution in [0, 0.1) is 11.5 Å². The first-order chi connectivity index (χ1) is 14.7. The van der Waals surface area contributed by atoms with Crippen molar-refractivity contribution in [3.8, 4) is 11.5 Å². The van der Waals surface area contributed by atoms with E-state index in [0.29, 0.717) is 11.1 Å². The fraction of sp³-hybridized carbons (Fsp3) is 0.565. The highest BCUT2D eigenvalue weighted by atomic mass is 31.2. The fourth-order valence-corrected chi connectivity index (χ4v) is 5.13. The number of carbonyl (C=O) groups excluding carboxylic acids is 1. The maximum atomic E-state index is 12.7. The number of amides is 1. The number of benzene rings is 1. The van der Waals surface area contributed by atoms with Gasteiger partial charge in [0.15, 0.2) is 0 Å². The van der Waals surface area contributed by atoms with Gasteiger partial charge in [-0.15, -0.1) is 11.5 Å². The van der Waals surface area contributed by atoms with Gasteiger partial charge in [-0.2, -0.15) is 0 Å². The molecule has 1 aromatic rings. The summed E-state index contributed by atoms with van der Waals surface area (Å²) in [5.41, 5.74) is 4.27. The molecule has 2 N–H and O–H groups in total. The van der Waals surface area contributed by atoms with E-state index in [1.807, 2.05) is 0 Å². The first kappa shape index (κ1) is 28.1. The Hall–Kier alpha value is -1.91. The summed E-state index contributed by atoms with van der Waals surface area (Å²) in [6.07, 6.45) is 0.134. The zero-order valence-electron chi connectivity index (χ0n) is 20.2. The summed E-state index contributed by atoms with van der Waals surface area (Å²) in [5, 5.41) is 12.1. The highest BCUT2D eigenvalue weighted by Crippen LogP contribution is 2.51.